The van der Waals surface area contributed by atoms with Crippen LogP contribution in [-0.4, -0.2) is 24.1 Å². The van der Waals surface area contributed by atoms with Gasteiger partial charge in [-0.1, -0.05) is 120 Å². The molecule has 0 fully saturated rings. The summed E-state index contributed by atoms with van der Waals surface area (Å²) in [6.07, 6.45) is 0. The molecule has 0 N–H and O–H groups in total. The van der Waals surface area contributed by atoms with Crippen LogP contribution >= 0.6 is 0 Å². The molecule has 0 spiro atoms. The van der Waals surface area contributed by atoms with E-state index in [4.69, 9.17) is 15.0 Å². The van der Waals surface area contributed by atoms with Gasteiger partial charge in [-0.15, -0.1) is 0 Å². The van der Waals surface area contributed by atoms with Crippen LogP contribution in [0.3, 0.4) is 0 Å². The normalized spacial score (nSPS) is 11.5. The number of fused-ring (bicyclic) bond motifs is 6. The molecule has 11 aromatic rings. The van der Waals surface area contributed by atoms with Crippen LogP contribution in [0.15, 0.2) is 182 Å². The highest BCUT2D eigenvalue weighted by Crippen LogP contribution is 2.43. The first-order valence-electron chi connectivity index (χ1n) is 20.1. The van der Waals surface area contributed by atoms with E-state index in [0.717, 1.165) is 61.3 Å². The van der Waals surface area contributed by atoms with Gasteiger partial charge < -0.3 is 9.13 Å². The van der Waals surface area contributed by atoms with Crippen LogP contribution in [0.5, 0.6) is 0 Å². The van der Waals surface area contributed by atoms with Crippen LogP contribution in [0.1, 0.15) is 16.7 Å². The predicted molar refractivity (Wildman–Crippen MR) is 244 cm³/mol. The number of hydrogen-bond acceptors (Lipinski definition) is 4. The van der Waals surface area contributed by atoms with E-state index < -0.39 is 0 Å². The first-order chi connectivity index (χ1) is 29.5. The minimum Gasteiger partial charge on any atom is -0.309 e. The van der Waals surface area contributed by atoms with E-state index in [2.05, 4.69) is 138 Å². The zero-order chi connectivity index (χ0) is 40.3. The maximum Gasteiger partial charge on any atom is 0.164 e. The average Bonchev–Trinajstić information content (AvgIpc) is 3.80. The van der Waals surface area contributed by atoms with Gasteiger partial charge in [0, 0.05) is 49.4 Å². The maximum atomic E-state index is 10.5. The molecule has 0 unspecified atom stereocenters. The molecule has 6 nitrogen and oxygen atoms in total. The Bertz CT molecular complexity index is 3460. The van der Waals surface area contributed by atoms with Gasteiger partial charge in [0.05, 0.1) is 45.1 Å². The van der Waals surface area contributed by atoms with Gasteiger partial charge in [0.2, 0.25) is 0 Å². The molecule has 0 radical (unpaired) electrons. The summed E-state index contributed by atoms with van der Waals surface area (Å²) >= 11 is 0. The quantitative estimate of drug-likeness (QED) is 0.169. The highest BCUT2D eigenvalue weighted by atomic mass is 15.0. The molecule has 282 valence electrons. The minimum absolute atomic E-state index is 0.554. The van der Waals surface area contributed by atoms with Crippen molar-refractivity contribution in [3.8, 4) is 62.7 Å². The van der Waals surface area contributed by atoms with Crippen molar-refractivity contribution in [2.24, 2.45) is 0 Å². The minimum atomic E-state index is 0.554. The van der Waals surface area contributed by atoms with Gasteiger partial charge in [-0.25, -0.2) is 15.0 Å². The molecule has 60 heavy (non-hydrogen) atoms. The number of nitrogens with zero attached hydrogens (tertiary/aromatic N) is 6. The smallest absolute Gasteiger partial charge is 0.164 e. The number of hydrogen-bond donors (Lipinski definition) is 0. The number of aryl methyl sites for hydroxylation is 2. The summed E-state index contributed by atoms with van der Waals surface area (Å²) in [5, 5.41) is 15.2. The lowest BCUT2D eigenvalue weighted by Gasteiger charge is -2.20. The number of rotatable bonds is 6. The van der Waals surface area contributed by atoms with Crippen molar-refractivity contribution in [3.05, 3.63) is 199 Å². The molecule has 0 aliphatic rings. The number of para-hydroxylation sites is 2. The van der Waals surface area contributed by atoms with Crippen molar-refractivity contribution in [3.63, 3.8) is 0 Å². The van der Waals surface area contributed by atoms with E-state index in [0.29, 0.717) is 23.0 Å². The fraction of sp³-hybridized carbons (Fsp3) is 0.0370. The molecule has 0 aliphatic heterocycles. The Morgan fingerprint density at radius 3 is 1.33 bits per heavy atom. The van der Waals surface area contributed by atoms with Crippen LogP contribution in [0.2, 0.25) is 0 Å². The third kappa shape index (κ3) is 5.75. The highest BCUT2D eigenvalue weighted by molar-refractivity contribution is 6.12. The standard InChI is InChI=1S/C54H36N6/c1-34-21-25-48-42(29-34)40-17-9-11-19-46(40)59(48)50-27-23-36(33-55)31-44(50)45-32-39(24-28-51(45)60-47-20-12-10-18-41(47)43-30-35(2)22-26-49(43)60)54-57-52(37-13-5-3-6-14-37)56-53(58-54)38-15-7-4-8-16-38/h3-32H,1-2H3. The molecule has 6 heteroatoms. The van der Waals surface area contributed by atoms with E-state index in [1.807, 2.05) is 72.8 Å². The summed E-state index contributed by atoms with van der Waals surface area (Å²) < 4.78 is 4.70. The lowest BCUT2D eigenvalue weighted by molar-refractivity contribution is 1.07. The zero-order valence-corrected chi connectivity index (χ0v) is 33.0. The molecule has 11 rings (SSSR count). The maximum absolute atomic E-state index is 10.5. The van der Waals surface area contributed by atoms with Crippen LogP contribution in [0.25, 0.3) is 100 Å². The lowest BCUT2D eigenvalue weighted by Crippen LogP contribution is -2.04. The summed E-state index contributed by atoms with van der Waals surface area (Å²) in [5.41, 5.74) is 13.8. The Labute approximate surface area is 346 Å². The Hall–Kier alpha value is -8.14. The third-order valence-corrected chi connectivity index (χ3v) is 11.5. The Morgan fingerprint density at radius 2 is 0.817 bits per heavy atom. The fourth-order valence-electron chi connectivity index (χ4n) is 8.73. The Kier molecular flexibility index (Phi) is 8.21. The monoisotopic (exact) mass is 768 g/mol. The summed E-state index contributed by atoms with van der Waals surface area (Å²) in [4.78, 5) is 15.3. The van der Waals surface area contributed by atoms with Crippen LogP contribution < -0.4 is 0 Å². The SMILES string of the molecule is Cc1ccc2c(c1)c1ccccc1n2-c1ccc(C#N)cc1-c1cc(-c2nc(-c3ccccc3)nc(-c3ccccc3)n2)ccc1-n1c2ccccc2c2cc(C)ccc21. The first kappa shape index (κ1) is 35.1. The number of benzene rings is 8. The second-order valence-corrected chi connectivity index (χ2v) is 15.4. The van der Waals surface area contributed by atoms with Gasteiger partial charge in [-0.05, 0) is 86.6 Å². The van der Waals surface area contributed by atoms with Gasteiger partial charge >= 0.3 is 0 Å². The van der Waals surface area contributed by atoms with E-state index in [9.17, 15) is 5.26 Å². The number of nitriles is 1. The molecule has 3 aromatic heterocycles. The van der Waals surface area contributed by atoms with Crippen LogP contribution in [0.4, 0.5) is 0 Å². The summed E-state index contributed by atoms with van der Waals surface area (Å²) in [6, 6.07) is 65.6. The summed E-state index contributed by atoms with van der Waals surface area (Å²) in [5.74, 6) is 1.74. The largest absolute Gasteiger partial charge is 0.309 e. The molecule has 0 aliphatic carbocycles. The van der Waals surface area contributed by atoms with E-state index >= 15 is 0 Å². The predicted octanol–water partition coefficient (Wildman–Crippen LogP) is 13.2. The van der Waals surface area contributed by atoms with Gasteiger partial charge in [0.15, 0.2) is 17.5 Å². The highest BCUT2D eigenvalue weighted by Gasteiger charge is 2.23. The first-order valence-corrected chi connectivity index (χ1v) is 20.1. The van der Waals surface area contributed by atoms with Crippen molar-refractivity contribution in [1.29, 1.82) is 5.26 Å². The van der Waals surface area contributed by atoms with Gasteiger partial charge in [-0.3, -0.25) is 0 Å². The average molecular weight is 769 g/mol. The molecule has 0 bridgehead atoms. The molecular formula is C54H36N6. The van der Waals surface area contributed by atoms with Crippen LogP contribution in [-0.2, 0) is 0 Å². The van der Waals surface area contributed by atoms with Gasteiger partial charge in [0.25, 0.3) is 0 Å². The van der Waals surface area contributed by atoms with E-state index in [1.54, 1.807) is 0 Å². The Balaban J connectivity index is 1.25. The van der Waals surface area contributed by atoms with Crippen molar-refractivity contribution < 1.29 is 0 Å². The molecule has 3 heterocycles. The number of aromatic nitrogens is 5. The summed E-state index contributed by atoms with van der Waals surface area (Å²) in [6.45, 7) is 4.28. The molecule has 8 aromatic carbocycles. The van der Waals surface area contributed by atoms with Crippen molar-refractivity contribution in [1.82, 2.24) is 24.1 Å². The zero-order valence-electron chi connectivity index (χ0n) is 33.0. The summed E-state index contributed by atoms with van der Waals surface area (Å²) in [7, 11) is 0. The van der Waals surface area contributed by atoms with Crippen molar-refractivity contribution in [2.75, 3.05) is 0 Å². The second kappa shape index (κ2) is 14.1. The molecule has 0 amide bonds. The molecule has 0 saturated carbocycles. The van der Waals surface area contributed by atoms with Crippen molar-refractivity contribution >= 4 is 43.6 Å². The fourth-order valence-corrected chi connectivity index (χ4v) is 8.73. The van der Waals surface area contributed by atoms with E-state index in [1.165, 1.54) is 32.7 Å². The van der Waals surface area contributed by atoms with E-state index in [-0.39, 0.29) is 0 Å². The molecular weight excluding hydrogens is 733 g/mol. The third-order valence-electron chi connectivity index (χ3n) is 11.5. The Morgan fingerprint density at radius 1 is 0.383 bits per heavy atom. The topological polar surface area (TPSA) is 72.3 Å². The molecule has 0 atom stereocenters. The van der Waals surface area contributed by atoms with Gasteiger partial charge in [-0.2, -0.15) is 5.26 Å². The lowest BCUT2D eigenvalue weighted by atomic mass is 9.96. The van der Waals surface area contributed by atoms with Crippen LogP contribution in [0, 0.1) is 25.2 Å². The second-order valence-electron chi connectivity index (χ2n) is 15.4. The van der Waals surface area contributed by atoms with Gasteiger partial charge in [0.1, 0.15) is 0 Å². The molecule has 0 saturated heterocycles. The van der Waals surface area contributed by atoms with Crippen molar-refractivity contribution in [2.45, 2.75) is 13.8 Å².